The maximum absolute atomic E-state index is 12.3. The zero-order chi connectivity index (χ0) is 15.5. The standard InChI is InChI=1S/C16H17NO3S/c1-12-8-9-13(2)16(10-12)21(19,20)17-11-15(18)14-6-4-3-5-7-14/h3-10,17H,11H2,1-2H3. The van der Waals surface area contributed by atoms with Crippen molar-refractivity contribution in [3.8, 4) is 0 Å². The summed E-state index contributed by atoms with van der Waals surface area (Å²) in [6, 6.07) is 13.8. The SMILES string of the molecule is Cc1ccc(C)c(S(=O)(=O)NCC(=O)c2ccccc2)c1. The van der Waals surface area contributed by atoms with Gasteiger partial charge in [-0.05, 0) is 31.0 Å². The van der Waals surface area contributed by atoms with Gasteiger partial charge in [0.1, 0.15) is 0 Å². The highest BCUT2D eigenvalue weighted by Crippen LogP contribution is 2.16. The van der Waals surface area contributed by atoms with Crippen LogP contribution >= 0.6 is 0 Å². The molecule has 0 heterocycles. The first kappa shape index (κ1) is 15.4. The van der Waals surface area contributed by atoms with Crippen molar-refractivity contribution < 1.29 is 13.2 Å². The van der Waals surface area contributed by atoms with Gasteiger partial charge in [-0.3, -0.25) is 4.79 Å². The van der Waals surface area contributed by atoms with E-state index in [4.69, 9.17) is 0 Å². The first-order chi connectivity index (χ1) is 9.90. The maximum Gasteiger partial charge on any atom is 0.241 e. The smallest absolute Gasteiger partial charge is 0.241 e. The normalized spacial score (nSPS) is 11.3. The fraction of sp³-hybridized carbons (Fsp3) is 0.188. The van der Waals surface area contributed by atoms with Gasteiger partial charge in [0, 0.05) is 5.56 Å². The Morgan fingerprint density at radius 2 is 1.71 bits per heavy atom. The van der Waals surface area contributed by atoms with Crippen molar-refractivity contribution in [3.05, 3.63) is 65.2 Å². The van der Waals surface area contributed by atoms with Crippen LogP contribution in [-0.4, -0.2) is 20.7 Å². The van der Waals surface area contributed by atoms with E-state index in [9.17, 15) is 13.2 Å². The van der Waals surface area contributed by atoms with Gasteiger partial charge in [-0.2, -0.15) is 0 Å². The summed E-state index contributed by atoms with van der Waals surface area (Å²) < 4.78 is 26.9. The first-order valence-corrected chi connectivity index (χ1v) is 8.03. The van der Waals surface area contributed by atoms with Gasteiger partial charge >= 0.3 is 0 Å². The van der Waals surface area contributed by atoms with Crippen molar-refractivity contribution in [2.75, 3.05) is 6.54 Å². The Bertz CT molecular complexity index is 752. The number of hydrogen-bond acceptors (Lipinski definition) is 3. The number of carbonyl (C=O) groups is 1. The third-order valence-corrected chi connectivity index (χ3v) is 4.69. The minimum absolute atomic E-state index is 0.211. The molecule has 0 radical (unpaired) electrons. The third-order valence-electron chi connectivity index (χ3n) is 3.15. The molecule has 0 fully saturated rings. The number of carbonyl (C=O) groups excluding carboxylic acids is 1. The predicted octanol–water partition coefficient (Wildman–Crippen LogP) is 2.46. The van der Waals surface area contributed by atoms with Gasteiger partial charge < -0.3 is 0 Å². The van der Waals surface area contributed by atoms with Gasteiger partial charge in [0.25, 0.3) is 0 Å². The molecule has 1 N–H and O–H groups in total. The van der Waals surface area contributed by atoms with Crippen molar-refractivity contribution >= 4 is 15.8 Å². The Balaban J connectivity index is 2.15. The predicted molar refractivity (Wildman–Crippen MR) is 81.9 cm³/mol. The topological polar surface area (TPSA) is 63.2 Å². The summed E-state index contributed by atoms with van der Waals surface area (Å²) in [7, 11) is -3.69. The molecule has 0 saturated heterocycles. The van der Waals surface area contributed by atoms with E-state index in [-0.39, 0.29) is 17.2 Å². The molecular formula is C16H17NO3S. The quantitative estimate of drug-likeness (QED) is 0.863. The van der Waals surface area contributed by atoms with Crippen LogP contribution in [-0.2, 0) is 10.0 Å². The number of Topliss-reactive ketones (excluding diaryl/α,β-unsaturated/α-hetero) is 1. The zero-order valence-electron chi connectivity index (χ0n) is 12.0. The fourth-order valence-electron chi connectivity index (χ4n) is 1.96. The van der Waals surface area contributed by atoms with Crippen molar-refractivity contribution in [1.82, 2.24) is 4.72 Å². The van der Waals surface area contributed by atoms with E-state index in [0.717, 1.165) is 5.56 Å². The summed E-state index contributed by atoms with van der Waals surface area (Å²) in [4.78, 5) is 12.2. The molecule has 0 bridgehead atoms. The first-order valence-electron chi connectivity index (χ1n) is 6.55. The van der Waals surface area contributed by atoms with E-state index in [1.54, 1.807) is 49.4 Å². The van der Waals surface area contributed by atoms with E-state index < -0.39 is 10.0 Å². The Labute approximate surface area is 124 Å². The lowest BCUT2D eigenvalue weighted by molar-refractivity contribution is 0.0997. The number of aryl methyl sites for hydroxylation is 2. The summed E-state index contributed by atoms with van der Waals surface area (Å²) in [5, 5.41) is 0. The van der Waals surface area contributed by atoms with Crippen LogP contribution in [0.3, 0.4) is 0 Å². The van der Waals surface area contributed by atoms with E-state index in [1.807, 2.05) is 13.0 Å². The van der Waals surface area contributed by atoms with Crippen LogP contribution in [0.15, 0.2) is 53.4 Å². The summed E-state index contributed by atoms with van der Waals surface area (Å²) in [5.74, 6) is -0.260. The molecule has 4 nitrogen and oxygen atoms in total. The summed E-state index contributed by atoms with van der Waals surface area (Å²) >= 11 is 0. The third kappa shape index (κ3) is 3.77. The number of nitrogens with one attached hydrogen (secondary N) is 1. The molecule has 0 aliphatic carbocycles. The largest absolute Gasteiger partial charge is 0.293 e. The second-order valence-electron chi connectivity index (χ2n) is 4.88. The molecule has 5 heteroatoms. The molecule has 2 aromatic carbocycles. The van der Waals surface area contributed by atoms with E-state index in [0.29, 0.717) is 11.1 Å². The summed E-state index contributed by atoms with van der Waals surface area (Å²) in [6.45, 7) is 3.31. The lowest BCUT2D eigenvalue weighted by atomic mass is 10.1. The molecule has 110 valence electrons. The minimum atomic E-state index is -3.69. The Hall–Kier alpha value is -1.98. The lowest BCUT2D eigenvalue weighted by Crippen LogP contribution is -2.30. The molecule has 2 rings (SSSR count). The second-order valence-corrected chi connectivity index (χ2v) is 6.62. The highest BCUT2D eigenvalue weighted by molar-refractivity contribution is 7.89. The number of benzene rings is 2. The van der Waals surface area contributed by atoms with Gasteiger partial charge in [0.15, 0.2) is 5.78 Å². The Kier molecular flexibility index (Phi) is 4.55. The highest BCUT2D eigenvalue weighted by Gasteiger charge is 2.18. The Morgan fingerprint density at radius 1 is 1.05 bits per heavy atom. The van der Waals surface area contributed by atoms with Crippen LogP contribution in [0.5, 0.6) is 0 Å². The van der Waals surface area contributed by atoms with E-state index in [2.05, 4.69) is 4.72 Å². The second kappa shape index (κ2) is 6.20. The molecule has 0 aliphatic heterocycles. The minimum Gasteiger partial charge on any atom is -0.293 e. The Morgan fingerprint density at radius 3 is 2.38 bits per heavy atom. The van der Waals surface area contributed by atoms with Crippen LogP contribution in [0, 0.1) is 13.8 Å². The highest BCUT2D eigenvalue weighted by atomic mass is 32.2. The number of rotatable bonds is 5. The molecule has 0 spiro atoms. The van der Waals surface area contributed by atoms with Gasteiger partial charge in [-0.1, -0.05) is 42.5 Å². The summed E-state index contributed by atoms with van der Waals surface area (Å²) in [6.07, 6.45) is 0. The molecular weight excluding hydrogens is 286 g/mol. The molecule has 0 amide bonds. The van der Waals surface area contributed by atoms with Gasteiger partial charge in [0.2, 0.25) is 10.0 Å². The van der Waals surface area contributed by atoms with E-state index in [1.165, 1.54) is 0 Å². The number of hydrogen-bond donors (Lipinski definition) is 1. The van der Waals surface area contributed by atoms with Crippen molar-refractivity contribution in [1.29, 1.82) is 0 Å². The zero-order valence-corrected chi connectivity index (χ0v) is 12.8. The number of ketones is 1. The molecule has 21 heavy (non-hydrogen) atoms. The van der Waals surface area contributed by atoms with Crippen LogP contribution < -0.4 is 4.72 Å². The average Bonchev–Trinajstić information content (AvgIpc) is 2.48. The van der Waals surface area contributed by atoms with Crippen molar-refractivity contribution in [2.45, 2.75) is 18.7 Å². The van der Waals surface area contributed by atoms with Crippen LogP contribution in [0.4, 0.5) is 0 Å². The van der Waals surface area contributed by atoms with E-state index >= 15 is 0 Å². The van der Waals surface area contributed by atoms with Crippen LogP contribution in [0.1, 0.15) is 21.5 Å². The van der Waals surface area contributed by atoms with Crippen molar-refractivity contribution in [3.63, 3.8) is 0 Å². The monoisotopic (exact) mass is 303 g/mol. The van der Waals surface area contributed by atoms with Gasteiger partial charge in [-0.15, -0.1) is 0 Å². The lowest BCUT2D eigenvalue weighted by Gasteiger charge is -2.09. The van der Waals surface area contributed by atoms with Gasteiger partial charge in [-0.25, -0.2) is 13.1 Å². The molecule has 0 unspecified atom stereocenters. The van der Waals surface area contributed by atoms with Gasteiger partial charge in [0.05, 0.1) is 11.4 Å². The molecule has 2 aromatic rings. The molecule has 0 atom stereocenters. The maximum atomic E-state index is 12.3. The summed E-state index contributed by atoms with van der Waals surface area (Å²) in [5.41, 5.74) is 2.00. The van der Waals surface area contributed by atoms with Crippen LogP contribution in [0.25, 0.3) is 0 Å². The molecule has 0 aromatic heterocycles. The molecule has 0 aliphatic rings. The molecule has 0 saturated carbocycles. The van der Waals surface area contributed by atoms with Crippen molar-refractivity contribution in [2.24, 2.45) is 0 Å². The average molecular weight is 303 g/mol. The van der Waals surface area contributed by atoms with Crippen LogP contribution in [0.2, 0.25) is 0 Å². The fourth-order valence-corrected chi connectivity index (χ4v) is 3.27. The number of sulfonamides is 1.